The molecule has 1 aromatic heterocycles. The molecule has 0 saturated heterocycles. The molecule has 0 saturated carbocycles. The molecular formula is C35H29NS. The highest BCUT2D eigenvalue weighted by Crippen LogP contribution is 2.51. The summed E-state index contributed by atoms with van der Waals surface area (Å²) in [5.41, 5.74) is 11.7. The predicted molar refractivity (Wildman–Crippen MR) is 161 cm³/mol. The van der Waals surface area contributed by atoms with Crippen LogP contribution < -0.4 is 4.90 Å². The van der Waals surface area contributed by atoms with Gasteiger partial charge >= 0.3 is 0 Å². The van der Waals surface area contributed by atoms with Crippen molar-refractivity contribution in [3.8, 4) is 11.1 Å². The van der Waals surface area contributed by atoms with Crippen LogP contribution in [0.4, 0.5) is 17.1 Å². The highest BCUT2D eigenvalue weighted by atomic mass is 32.1. The van der Waals surface area contributed by atoms with Crippen LogP contribution in [0.5, 0.6) is 0 Å². The Hall–Kier alpha value is -3.88. The number of fused-ring (bicyclic) bond motifs is 6. The molecule has 180 valence electrons. The van der Waals surface area contributed by atoms with E-state index < -0.39 is 0 Å². The highest BCUT2D eigenvalue weighted by molar-refractivity contribution is 7.25. The Morgan fingerprint density at radius 3 is 1.81 bits per heavy atom. The van der Waals surface area contributed by atoms with E-state index in [2.05, 4.69) is 136 Å². The molecule has 0 atom stereocenters. The van der Waals surface area contributed by atoms with Crippen molar-refractivity contribution in [3.05, 3.63) is 125 Å². The topological polar surface area (TPSA) is 3.24 Å². The summed E-state index contributed by atoms with van der Waals surface area (Å²) in [6.07, 6.45) is 0. The number of anilines is 3. The molecule has 7 rings (SSSR count). The van der Waals surface area contributed by atoms with Gasteiger partial charge in [0.15, 0.2) is 0 Å². The van der Waals surface area contributed by atoms with Gasteiger partial charge in [0.05, 0.1) is 0 Å². The molecule has 0 N–H and O–H groups in total. The van der Waals surface area contributed by atoms with Crippen molar-refractivity contribution in [2.75, 3.05) is 4.90 Å². The van der Waals surface area contributed by atoms with E-state index in [0.717, 1.165) is 0 Å². The fourth-order valence-electron chi connectivity index (χ4n) is 5.93. The molecule has 1 aliphatic carbocycles. The zero-order chi connectivity index (χ0) is 25.3. The lowest BCUT2D eigenvalue weighted by Gasteiger charge is -2.26. The van der Waals surface area contributed by atoms with Crippen LogP contribution in [-0.4, -0.2) is 0 Å². The summed E-state index contributed by atoms with van der Waals surface area (Å²) in [5, 5.41) is 2.69. The Bertz CT molecular complexity index is 1760. The number of nitrogens with zero attached hydrogens (tertiary/aromatic N) is 1. The van der Waals surface area contributed by atoms with Gasteiger partial charge in [-0.25, -0.2) is 0 Å². The number of thiophene rings is 1. The number of hydrogen-bond donors (Lipinski definition) is 0. The summed E-state index contributed by atoms with van der Waals surface area (Å²) in [6, 6.07) is 38.4. The van der Waals surface area contributed by atoms with E-state index in [0.29, 0.717) is 0 Å². The van der Waals surface area contributed by atoms with Gasteiger partial charge in [0, 0.05) is 42.6 Å². The summed E-state index contributed by atoms with van der Waals surface area (Å²) >= 11 is 1.90. The van der Waals surface area contributed by atoms with Crippen molar-refractivity contribution < 1.29 is 0 Å². The van der Waals surface area contributed by atoms with Crippen LogP contribution in [0.1, 0.15) is 36.1 Å². The van der Waals surface area contributed by atoms with Gasteiger partial charge in [-0.05, 0) is 90.7 Å². The molecule has 1 nitrogen and oxygen atoms in total. The smallest absolute Gasteiger partial charge is 0.0468 e. The Morgan fingerprint density at radius 1 is 0.541 bits per heavy atom. The molecule has 0 unspecified atom stereocenters. The summed E-state index contributed by atoms with van der Waals surface area (Å²) in [7, 11) is 0. The first kappa shape index (κ1) is 22.3. The molecule has 6 aromatic rings. The molecule has 2 heteroatoms. The first-order valence-electron chi connectivity index (χ1n) is 12.9. The summed E-state index contributed by atoms with van der Waals surface area (Å²) in [6.45, 7) is 9.00. The van der Waals surface area contributed by atoms with Crippen molar-refractivity contribution >= 4 is 48.6 Å². The van der Waals surface area contributed by atoms with Crippen LogP contribution in [0.2, 0.25) is 0 Å². The fraction of sp³-hybridized carbons (Fsp3) is 0.143. The van der Waals surface area contributed by atoms with Gasteiger partial charge in [-0.15, -0.1) is 11.3 Å². The lowest BCUT2D eigenvalue weighted by atomic mass is 9.82. The van der Waals surface area contributed by atoms with Gasteiger partial charge in [0.25, 0.3) is 0 Å². The molecule has 5 aromatic carbocycles. The first-order chi connectivity index (χ1) is 17.9. The average molecular weight is 496 g/mol. The fourth-order valence-corrected chi connectivity index (χ4v) is 7.04. The van der Waals surface area contributed by atoms with E-state index in [4.69, 9.17) is 0 Å². The minimum absolute atomic E-state index is 0.00181. The number of benzene rings is 5. The van der Waals surface area contributed by atoms with Crippen molar-refractivity contribution in [2.45, 2.75) is 33.1 Å². The second-order valence-corrected chi connectivity index (χ2v) is 11.9. The largest absolute Gasteiger partial charge is 0.310 e. The van der Waals surface area contributed by atoms with Crippen LogP contribution in [0.3, 0.4) is 0 Å². The quantitative estimate of drug-likeness (QED) is 0.236. The van der Waals surface area contributed by atoms with E-state index in [-0.39, 0.29) is 5.41 Å². The van der Waals surface area contributed by atoms with Gasteiger partial charge in [-0.3, -0.25) is 0 Å². The van der Waals surface area contributed by atoms with Crippen LogP contribution in [0.25, 0.3) is 31.3 Å². The van der Waals surface area contributed by atoms with Gasteiger partial charge in [0.2, 0.25) is 0 Å². The highest BCUT2D eigenvalue weighted by Gasteiger charge is 2.35. The molecule has 1 aliphatic rings. The molecule has 0 amide bonds. The van der Waals surface area contributed by atoms with E-state index in [1.165, 1.54) is 70.6 Å². The monoisotopic (exact) mass is 495 g/mol. The molecule has 37 heavy (non-hydrogen) atoms. The summed E-state index contributed by atoms with van der Waals surface area (Å²) in [4.78, 5) is 2.37. The van der Waals surface area contributed by atoms with Crippen LogP contribution in [0.15, 0.2) is 103 Å². The van der Waals surface area contributed by atoms with Crippen molar-refractivity contribution in [1.29, 1.82) is 0 Å². The molecule has 0 fully saturated rings. The van der Waals surface area contributed by atoms with Crippen molar-refractivity contribution in [2.24, 2.45) is 0 Å². The van der Waals surface area contributed by atoms with E-state index in [1.54, 1.807) is 0 Å². The van der Waals surface area contributed by atoms with Crippen LogP contribution >= 0.6 is 11.3 Å². The summed E-state index contributed by atoms with van der Waals surface area (Å²) in [5.74, 6) is 0. The molecule has 0 bridgehead atoms. The predicted octanol–water partition coefficient (Wildman–Crippen LogP) is 10.4. The Morgan fingerprint density at radius 2 is 1.14 bits per heavy atom. The first-order valence-corrected chi connectivity index (χ1v) is 13.8. The molecule has 0 aliphatic heterocycles. The second kappa shape index (κ2) is 8.06. The second-order valence-electron chi connectivity index (χ2n) is 10.9. The number of aryl methyl sites for hydroxylation is 2. The minimum Gasteiger partial charge on any atom is -0.310 e. The third-order valence-corrected chi connectivity index (χ3v) is 9.13. The van der Waals surface area contributed by atoms with Crippen LogP contribution in [0, 0.1) is 13.8 Å². The average Bonchev–Trinajstić information content (AvgIpc) is 3.37. The molecular weight excluding hydrogens is 466 g/mol. The summed E-state index contributed by atoms with van der Waals surface area (Å²) < 4.78 is 2.69. The maximum absolute atomic E-state index is 2.47. The standard InChI is InChI=1S/C35H29NS/c1-22-9-13-24(14-10-22)36(25-15-11-23(2)12-16-25)26-17-18-33-29(19-26)30-20-32-28(21-34(30)37-33)27-7-5-6-8-31(27)35(32,3)4/h5-21H,1-4H3. The zero-order valence-electron chi connectivity index (χ0n) is 21.7. The normalized spacial score (nSPS) is 13.6. The van der Waals surface area contributed by atoms with Gasteiger partial charge in [-0.1, -0.05) is 73.5 Å². The lowest BCUT2D eigenvalue weighted by Crippen LogP contribution is -2.14. The molecule has 1 heterocycles. The van der Waals surface area contributed by atoms with Crippen molar-refractivity contribution in [3.63, 3.8) is 0 Å². The Kier molecular flexibility index (Phi) is 4.86. The lowest BCUT2D eigenvalue weighted by molar-refractivity contribution is 0.661. The number of hydrogen-bond acceptors (Lipinski definition) is 2. The SMILES string of the molecule is Cc1ccc(N(c2ccc(C)cc2)c2ccc3sc4cc5c(cc4c3c2)C(C)(C)c2ccccc2-5)cc1. The Balaban J connectivity index is 1.44. The van der Waals surface area contributed by atoms with Gasteiger partial charge < -0.3 is 4.90 Å². The zero-order valence-corrected chi connectivity index (χ0v) is 22.5. The Labute approximate surface area is 222 Å². The number of rotatable bonds is 3. The van der Waals surface area contributed by atoms with E-state index >= 15 is 0 Å². The van der Waals surface area contributed by atoms with E-state index in [9.17, 15) is 0 Å². The molecule has 0 spiro atoms. The van der Waals surface area contributed by atoms with Crippen LogP contribution in [-0.2, 0) is 5.41 Å². The minimum atomic E-state index is 0.00181. The maximum Gasteiger partial charge on any atom is 0.0468 e. The van der Waals surface area contributed by atoms with Gasteiger partial charge in [-0.2, -0.15) is 0 Å². The molecule has 0 radical (unpaired) electrons. The maximum atomic E-state index is 2.47. The third-order valence-electron chi connectivity index (χ3n) is 8.00. The van der Waals surface area contributed by atoms with Gasteiger partial charge in [0.1, 0.15) is 0 Å². The van der Waals surface area contributed by atoms with E-state index in [1.807, 2.05) is 11.3 Å². The van der Waals surface area contributed by atoms with Crippen molar-refractivity contribution in [1.82, 2.24) is 0 Å². The third kappa shape index (κ3) is 3.43.